The highest BCUT2D eigenvalue weighted by Crippen LogP contribution is 2.33. The molecule has 1 aromatic rings. The Labute approximate surface area is 136 Å². The minimum Gasteiger partial charge on any atom is -0.352 e. The summed E-state index contributed by atoms with van der Waals surface area (Å²) in [6.07, 6.45) is -4.78. The first-order valence-electron chi connectivity index (χ1n) is 7.50. The van der Waals surface area contributed by atoms with Crippen LogP contribution in [0.1, 0.15) is 35.7 Å². The van der Waals surface area contributed by atoms with Gasteiger partial charge in [-0.2, -0.15) is 13.2 Å². The van der Waals surface area contributed by atoms with E-state index >= 15 is 0 Å². The first-order valence-corrected chi connectivity index (χ1v) is 7.50. The molecule has 1 N–H and O–H groups in total. The monoisotopic (exact) mass is 346 g/mol. The quantitative estimate of drug-likeness (QED) is 0.837. The fourth-order valence-corrected chi connectivity index (χ4v) is 2.92. The Morgan fingerprint density at radius 1 is 1.25 bits per heavy atom. The molecule has 4 nitrogen and oxygen atoms in total. The number of rotatable bonds is 2. The van der Waals surface area contributed by atoms with Crippen molar-refractivity contribution in [2.24, 2.45) is 0 Å². The zero-order valence-electron chi connectivity index (χ0n) is 13.3. The third-order valence-corrected chi connectivity index (χ3v) is 4.06. The molecular formula is C16H18F4N2O2. The van der Waals surface area contributed by atoms with Gasteiger partial charge in [0.1, 0.15) is 11.9 Å². The zero-order chi connectivity index (χ0) is 18.1. The number of halogens is 4. The maximum atomic E-state index is 13.4. The van der Waals surface area contributed by atoms with Crippen LogP contribution in [0.15, 0.2) is 18.2 Å². The first-order chi connectivity index (χ1) is 11.1. The summed E-state index contributed by atoms with van der Waals surface area (Å²) in [6.45, 7) is 2.53. The summed E-state index contributed by atoms with van der Waals surface area (Å²) < 4.78 is 53.2. The van der Waals surface area contributed by atoms with Crippen molar-refractivity contribution in [3.05, 3.63) is 35.1 Å². The number of hydrogen-bond donors (Lipinski definition) is 1. The molecule has 132 valence electrons. The predicted molar refractivity (Wildman–Crippen MR) is 78.9 cm³/mol. The van der Waals surface area contributed by atoms with Gasteiger partial charge in [-0.05, 0) is 37.5 Å². The van der Waals surface area contributed by atoms with Crippen molar-refractivity contribution in [1.82, 2.24) is 10.2 Å². The van der Waals surface area contributed by atoms with Gasteiger partial charge in [-0.1, -0.05) is 6.07 Å². The van der Waals surface area contributed by atoms with Crippen molar-refractivity contribution >= 4 is 11.8 Å². The van der Waals surface area contributed by atoms with E-state index in [1.807, 2.05) is 0 Å². The first kappa shape index (κ1) is 18.2. The van der Waals surface area contributed by atoms with Crippen LogP contribution in [0, 0.1) is 12.7 Å². The van der Waals surface area contributed by atoms with Crippen LogP contribution in [0.25, 0.3) is 0 Å². The molecule has 0 spiro atoms. The van der Waals surface area contributed by atoms with E-state index in [9.17, 15) is 27.2 Å². The number of amides is 2. The largest absolute Gasteiger partial charge is 0.408 e. The Kier molecular flexibility index (Phi) is 5.15. The van der Waals surface area contributed by atoms with Gasteiger partial charge in [0, 0.05) is 25.1 Å². The number of nitrogens with one attached hydrogen (secondary N) is 1. The van der Waals surface area contributed by atoms with Gasteiger partial charge in [0.05, 0.1) is 0 Å². The van der Waals surface area contributed by atoms with Crippen LogP contribution in [0.2, 0.25) is 0 Å². The van der Waals surface area contributed by atoms with E-state index in [2.05, 4.69) is 5.32 Å². The second kappa shape index (κ2) is 6.78. The molecule has 2 atom stereocenters. The van der Waals surface area contributed by atoms with E-state index < -0.39 is 30.0 Å². The lowest BCUT2D eigenvalue weighted by Crippen LogP contribution is -2.58. The maximum absolute atomic E-state index is 13.4. The van der Waals surface area contributed by atoms with E-state index in [0.29, 0.717) is 10.5 Å². The van der Waals surface area contributed by atoms with E-state index in [4.69, 9.17) is 0 Å². The molecule has 1 aliphatic heterocycles. The topological polar surface area (TPSA) is 49.4 Å². The zero-order valence-corrected chi connectivity index (χ0v) is 13.3. The highest BCUT2D eigenvalue weighted by Gasteiger charge is 2.48. The van der Waals surface area contributed by atoms with Crippen LogP contribution in [0.5, 0.6) is 0 Å². The fraction of sp³-hybridized carbons (Fsp3) is 0.500. The minimum atomic E-state index is -4.59. The number of alkyl halides is 3. The lowest BCUT2D eigenvalue weighted by Gasteiger charge is -2.40. The molecule has 24 heavy (non-hydrogen) atoms. The Morgan fingerprint density at radius 3 is 2.50 bits per heavy atom. The number of hydrogen-bond acceptors (Lipinski definition) is 2. The smallest absolute Gasteiger partial charge is 0.352 e. The second-order valence-electron chi connectivity index (χ2n) is 5.95. The molecule has 0 aromatic heterocycles. The molecule has 1 aromatic carbocycles. The SMILES string of the molecule is CC(=O)N[C@H]1CC[C@@H](C(F)(F)F)N(C(=O)c2cc(F)ccc2C)C1. The minimum absolute atomic E-state index is 0.104. The molecule has 0 radical (unpaired) electrons. The molecule has 1 saturated heterocycles. The number of likely N-dealkylation sites (tertiary alicyclic amines) is 1. The van der Waals surface area contributed by atoms with Crippen molar-refractivity contribution in [3.63, 3.8) is 0 Å². The van der Waals surface area contributed by atoms with E-state index in [0.717, 1.165) is 12.1 Å². The normalized spacial score (nSPS) is 21.5. The summed E-state index contributed by atoms with van der Waals surface area (Å²) in [6, 6.07) is 0.925. The van der Waals surface area contributed by atoms with E-state index in [-0.39, 0.29) is 30.9 Å². The van der Waals surface area contributed by atoms with Gasteiger partial charge in [-0.25, -0.2) is 4.39 Å². The van der Waals surface area contributed by atoms with Crippen molar-refractivity contribution < 1.29 is 27.2 Å². The van der Waals surface area contributed by atoms with Crippen LogP contribution in [0.3, 0.4) is 0 Å². The molecule has 1 aliphatic rings. The molecule has 0 unspecified atom stereocenters. The summed E-state index contributed by atoms with van der Waals surface area (Å²) in [7, 11) is 0. The Bertz CT molecular complexity index is 645. The second-order valence-corrected chi connectivity index (χ2v) is 5.95. The standard InChI is InChI=1S/C16H18F4N2O2/c1-9-3-4-11(17)7-13(9)15(24)22-8-12(21-10(2)23)5-6-14(22)16(18,19)20/h3-4,7,12,14H,5-6,8H2,1-2H3,(H,21,23)/t12-,14-/m0/s1. The van der Waals surface area contributed by atoms with Crippen LogP contribution >= 0.6 is 0 Å². The van der Waals surface area contributed by atoms with Crippen LogP contribution in [-0.4, -0.2) is 41.5 Å². The molecule has 1 fully saturated rings. The Balaban J connectivity index is 2.33. The van der Waals surface area contributed by atoms with Gasteiger partial charge in [-0.3, -0.25) is 9.59 Å². The number of benzene rings is 1. The van der Waals surface area contributed by atoms with Gasteiger partial charge in [0.15, 0.2) is 0 Å². The van der Waals surface area contributed by atoms with Crippen molar-refractivity contribution in [2.45, 2.75) is 44.9 Å². The summed E-state index contributed by atoms with van der Waals surface area (Å²) in [5.74, 6) is -1.95. The molecule has 1 heterocycles. The molecule has 0 aliphatic carbocycles. The number of nitrogens with zero attached hydrogens (tertiary/aromatic N) is 1. The molecule has 0 bridgehead atoms. The lowest BCUT2D eigenvalue weighted by molar-refractivity contribution is -0.184. The van der Waals surface area contributed by atoms with Gasteiger partial charge >= 0.3 is 6.18 Å². The summed E-state index contributed by atoms with van der Waals surface area (Å²) in [5, 5.41) is 2.54. The van der Waals surface area contributed by atoms with Crippen LogP contribution in [-0.2, 0) is 4.79 Å². The summed E-state index contributed by atoms with van der Waals surface area (Å²) in [4.78, 5) is 24.4. The lowest BCUT2D eigenvalue weighted by atomic mass is 9.95. The van der Waals surface area contributed by atoms with Crippen LogP contribution < -0.4 is 5.32 Å². The molecule has 2 amide bonds. The third kappa shape index (κ3) is 4.04. The average Bonchev–Trinajstić information content (AvgIpc) is 2.47. The Morgan fingerprint density at radius 2 is 1.92 bits per heavy atom. The van der Waals surface area contributed by atoms with E-state index in [1.165, 1.54) is 19.9 Å². The molecule has 0 saturated carbocycles. The number of piperidine rings is 1. The molecule has 8 heteroatoms. The highest BCUT2D eigenvalue weighted by molar-refractivity contribution is 5.96. The summed E-state index contributed by atoms with van der Waals surface area (Å²) >= 11 is 0. The highest BCUT2D eigenvalue weighted by atomic mass is 19.4. The number of carbonyl (C=O) groups excluding carboxylic acids is 2. The van der Waals surface area contributed by atoms with Gasteiger partial charge in [0.2, 0.25) is 5.91 Å². The molecule has 2 rings (SSSR count). The third-order valence-electron chi connectivity index (χ3n) is 4.06. The fourth-order valence-electron chi connectivity index (χ4n) is 2.92. The van der Waals surface area contributed by atoms with Crippen molar-refractivity contribution in [1.29, 1.82) is 0 Å². The number of aryl methyl sites for hydroxylation is 1. The number of carbonyl (C=O) groups is 2. The average molecular weight is 346 g/mol. The maximum Gasteiger partial charge on any atom is 0.408 e. The van der Waals surface area contributed by atoms with Crippen molar-refractivity contribution in [2.75, 3.05) is 6.54 Å². The van der Waals surface area contributed by atoms with Gasteiger partial charge < -0.3 is 10.2 Å². The van der Waals surface area contributed by atoms with Gasteiger partial charge in [0.25, 0.3) is 5.91 Å². The van der Waals surface area contributed by atoms with Crippen molar-refractivity contribution in [3.8, 4) is 0 Å². The summed E-state index contributed by atoms with van der Waals surface area (Å²) in [5.41, 5.74) is 0.289. The molecular weight excluding hydrogens is 328 g/mol. The van der Waals surface area contributed by atoms with Gasteiger partial charge in [-0.15, -0.1) is 0 Å². The van der Waals surface area contributed by atoms with E-state index in [1.54, 1.807) is 0 Å². The predicted octanol–water partition coefficient (Wildman–Crippen LogP) is 2.81. The Hall–Kier alpha value is -2.12. The van der Waals surface area contributed by atoms with Crippen LogP contribution in [0.4, 0.5) is 17.6 Å².